The van der Waals surface area contributed by atoms with Gasteiger partial charge in [0.25, 0.3) is 11.8 Å². The highest BCUT2D eigenvalue weighted by atomic mass is 16.5. The van der Waals surface area contributed by atoms with E-state index in [2.05, 4.69) is 0 Å². The van der Waals surface area contributed by atoms with E-state index in [1.54, 1.807) is 48.5 Å². The largest absolute Gasteiger partial charge is 0.460 e. The third-order valence-electron chi connectivity index (χ3n) is 6.01. The Balaban J connectivity index is 1.40. The molecular weight excluding hydrogens is 474 g/mol. The van der Waals surface area contributed by atoms with E-state index in [4.69, 9.17) is 13.9 Å². The second kappa shape index (κ2) is 9.73. The van der Waals surface area contributed by atoms with Gasteiger partial charge in [-0.3, -0.25) is 19.3 Å². The van der Waals surface area contributed by atoms with Crippen LogP contribution in [-0.2, 0) is 4.79 Å². The van der Waals surface area contributed by atoms with Crippen molar-refractivity contribution in [2.24, 2.45) is 5.92 Å². The van der Waals surface area contributed by atoms with E-state index >= 15 is 0 Å². The smallest absolute Gasteiger partial charge is 0.334 e. The van der Waals surface area contributed by atoms with Crippen LogP contribution in [0.15, 0.2) is 88.3 Å². The lowest BCUT2D eigenvalue weighted by molar-refractivity contribution is -0.139. The molecule has 0 fully saturated rings. The Morgan fingerprint density at radius 1 is 0.865 bits per heavy atom. The molecule has 1 aliphatic rings. The van der Waals surface area contributed by atoms with Crippen LogP contribution in [-0.4, -0.2) is 28.7 Å². The summed E-state index contributed by atoms with van der Waals surface area (Å²) in [4.78, 5) is 53.1. The predicted octanol–water partition coefficient (Wildman–Crippen LogP) is 5.20. The molecule has 0 bridgehead atoms. The fraction of sp³-hybridized carbons (Fsp3) is 0.172. The zero-order valence-electron chi connectivity index (χ0n) is 20.2. The number of esters is 1. The van der Waals surface area contributed by atoms with Crippen molar-refractivity contribution < 1.29 is 28.3 Å². The normalized spacial score (nSPS) is 13.6. The van der Waals surface area contributed by atoms with Crippen LogP contribution in [0.2, 0.25) is 0 Å². The lowest BCUT2D eigenvalue weighted by atomic mass is 10.0. The molecule has 0 saturated carbocycles. The summed E-state index contributed by atoms with van der Waals surface area (Å²) in [6.45, 7) is 3.77. The van der Waals surface area contributed by atoms with E-state index in [-0.39, 0.29) is 51.4 Å². The molecule has 0 saturated heterocycles. The standard InChI is InChI=1S/C29H23NO7/c1-17(2)14-23(30-27(32)20-10-6-7-11-21(20)28(30)33)29(34)37-19-12-13-22-24(15-19)35-16-25(26(22)31)36-18-8-4-3-5-9-18/h3-13,15-17,23H,14H2,1-2H3. The van der Waals surface area contributed by atoms with E-state index in [1.165, 1.54) is 24.5 Å². The number of hydrogen-bond acceptors (Lipinski definition) is 7. The van der Waals surface area contributed by atoms with Crippen molar-refractivity contribution in [1.29, 1.82) is 0 Å². The molecule has 8 nitrogen and oxygen atoms in total. The predicted molar refractivity (Wildman–Crippen MR) is 135 cm³/mol. The van der Waals surface area contributed by atoms with Crippen molar-refractivity contribution >= 4 is 28.8 Å². The number of para-hydroxylation sites is 1. The molecule has 0 radical (unpaired) electrons. The van der Waals surface area contributed by atoms with Crippen molar-refractivity contribution in [2.45, 2.75) is 26.3 Å². The maximum absolute atomic E-state index is 13.3. The highest BCUT2D eigenvalue weighted by Gasteiger charge is 2.43. The van der Waals surface area contributed by atoms with Crippen molar-refractivity contribution in [3.8, 4) is 17.2 Å². The molecule has 186 valence electrons. The van der Waals surface area contributed by atoms with Gasteiger partial charge in [0.2, 0.25) is 11.2 Å². The van der Waals surface area contributed by atoms with Gasteiger partial charge >= 0.3 is 5.97 Å². The van der Waals surface area contributed by atoms with E-state index in [9.17, 15) is 19.2 Å². The van der Waals surface area contributed by atoms with Crippen LogP contribution in [0.3, 0.4) is 0 Å². The molecule has 0 N–H and O–H groups in total. The van der Waals surface area contributed by atoms with Crippen LogP contribution in [0.1, 0.15) is 41.0 Å². The Morgan fingerprint density at radius 2 is 1.51 bits per heavy atom. The van der Waals surface area contributed by atoms with E-state index < -0.39 is 23.8 Å². The molecule has 0 aliphatic carbocycles. The van der Waals surface area contributed by atoms with Gasteiger partial charge in [-0.15, -0.1) is 0 Å². The molecule has 2 heterocycles. The summed E-state index contributed by atoms with van der Waals surface area (Å²) >= 11 is 0. The minimum absolute atomic E-state index is 0.000442. The van der Waals surface area contributed by atoms with Crippen LogP contribution in [0.4, 0.5) is 0 Å². The zero-order valence-corrected chi connectivity index (χ0v) is 20.2. The molecule has 37 heavy (non-hydrogen) atoms. The highest BCUT2D eigenvalue weighted by Crippen LogP contribution is 2.29. The summed E-state index contributed by atoms with van der Waals surface area (Å²) in [5.41, 5.74) is 0.327. The second-order valence-corrected chi connectivity index (χ2v) is 9.09. The number of ether oxygens (including phenoxy) is 2. The van der Waals surface area contributed by atoms with Gasteiger partial charge in [0.1, 0.15) is 29.4 Å². The molecule has 8 heteroatoms. The molecule has 4 aromatic rings. The van der Waals surface area contributed by atoms with E-state index in [1.807, 2.05) is 19.9 Å². The summed E-state index contributed by atoms with van der Waals surface area (Å²) in [5, 5.41) is 0.243. The minimum atomic E-state index is -1.11. The maximum Gasteiger partial charge on any atom is 0.334 e. The number of amides is 2. The van der Waals surface area contributed by atoms with Gasteiger partial charge in [0.05, 0.1) is 16.5 Å². The van der Waals surface area contributed by atoms with Crippen LogP contribution in [0.25, 0.3) is 11.0 Å². The van der Waals surface area contributed by atoms with E-state index in [0.29, 0.717) is 5.75 Å². The number of fused-ring (bicyclic) bond motifs is 2. The van der Waals surface area contributed by atoms with Gasteiger partial charge in [0.15, 0.2) is 0 Å². The van der Waals surface area contributed by atoms with Gasteiger partial charge in [0, 0.05) is 6.07 Å². The Hall–Kier alpha value is -4.72. The van der Waals surface area contributed by atoms with Crippen LogP contribution in [0, 0.1) is 5.92 Å². The third-order valence-corrected chi connectivity index (χ3v) is 6.01. The van der Waals surface area contributed by atoms with Crippen molar-refractivity contribution in [3.63, 3.8) is 0 Å². The van der Waals surface area contributed by atoms with Gasteiger partial charge in [-0.25, -0.2) is 4.79 Å². The Morgan fingerprint density at radius 3 is 2.16 bits per heavy atom. The van der Waals surface area contributed by atoms with Gasteiger partial charge in [-0.1, -0.05) is 44.2 Å². The molecule has 3 aromatic carbocycles. The Labute approximate surface area is 212 Å². The van der Waals surface area contributed by atoms with Gasteiger partial charge < -0.3 is 13.9 Å². The molecule has 1 aliphatic heterocycles. The molecule has 2 amide bonds. The number of carbonyl (C=O) groups is 3. The molecule has 1 aromatic heterocycles. The van der Waals surface area contributed by atoms with Gasteiger partial charge in [-0.05, 0) is 48.7 Å². The van der Waals surface area contributed by atoms with Gasteiger partial charge in [-0.2, -0.15) is 0 Å². The molecule has 0 spiro atoms. The third kappa shape index (κ3) is 4.61. The van der Waals surface area contributed by atoms with E-state index in [0.717, 1.165) is 4.90 Å². The lowest BCUT2D eigenvalue weighted by Gasteiger charge is -2.25. The number of rotatable bonds is 7. The van der Waals surface area contributed by atoms with Crippen LogP contribution in [0.5, 0.6) is 17.2 Å². The quantitative estimate of drug-likeness (QED) is 0.196. The zero-order chi connectivity index (χ0) is 26.1. The first-order chi connectivity index (χ1) is 17.8. The first-order valence-corrected chi connectivity index (χ1v) is 11.8. The fourth-order valence-corrected chi connectivity index (χ4v) is 4.27. The summed E-state index contributed by atoms with van der Waals surface area (Å²) < 4.78 is 16.8. The fourth-order valence-electron chi connectivity index (χ4n) is 4.27. The van der Waals surface area contributed by atoms with Crippen molar-refractivity contribution in [2.75, 3.05) is 0 Å². The topological polar surface area (TPSA) is 103 Å². The highest BCUT2D eigenvalue weighted by molar-refractivity contribution is 6.22. The summed E-state index contributed by atoms with van der Waals surface area (Å²) in [7, 11) is 0. The average molecular weight is 498 g/mol. The average Bonchev–Trinajstić information content (AvgIpc) is 3.14. The summed E-state index contributed by atoms with van der Waals surface area (Å²) in [6.07, 6.45) is 1.43. The second-order valence-electron chi connectivity index (χ2n) is 9.09. The first kappa shape index (κ1) is 24.0. The van der Waals surface area contributed by atoms with Crippen LogP contribution < -0.4 is 14.9 Å². The lowest BCUT2D eigenvalue weighted by Crippen LogP contribution is -2.47. The number of benzene rings is 3. The Kier molecular flexibility index (Phi) is 6.31. The number of imide groups is 1. The SMILES string of the molecule is CC(C)CC(C(=O)Oc1ccc2c(=O)c(Oc3ccccc3)coc2c1)N1C(=O)c2ccccc2C1=O. The van der Waals surface area contributed by atoms with Crippen molar-refractivity contribution in [3.05, 3.63) is 100 Å². The maximum atomic E-state index is 13.3. The minimum Gasteiger partial charge on any atom is -0.460 e. The number of nitrogens with zero attached hydrogens (tertiary/aromatic N) is 1. The number of carbonyl (C=O) groups excluding carboxylic acids is 3. The first-order valence-electron chi connectivity index (χ1n) is 11.8. The summed E-state index contributed by atoms with van der Waals surface area (Å²) in [5.74, 6) is -1.19. The van der Waals surface area contributed by atoms with Crippen LogP contribution >= 0.6 is 0 Å². The molecule has 1 unspecified atom stereocenters. The molecular formula is C29H23NO7. The molecule has 5 rings (SSSR count). The monoisotopic (exact) mass is 497 g/mol. The van der Waals surface area contributed by atoms with Crippen molar-refractivity contribution in [1.82, 2.24) is 4.90 Å². The Bertz CT molecular complexity index is 1540. The summed E-state index contributed by atoms with van der Waals surface area (Å²) in [6, 6.07) is 18.5. The molecule has 1 atom stereocenters. The number of hydrogen-bond donors (Lipinski definition) is 0.